The molecule has 0 aromatic heterocycles. The molecule has 0 aromatic rings. The second kappa shape index (κ2) is 3.79. The van der Waals surface area contributed by atoms with Gasteiger partial charge in [0.15, 0.2) is 0 Å². The summed E-state index contributed by atoms with van der Waals surface area (Å²) < 4.78 is 1.38. The summed E-state index contributed by atoms with van der Waals surface area (Å²) >= 11 is 2.52. The first-order chi connectivity index (χ1) is 4.33. The summed E-state index contributed by atoms with van der Waals surface area (Å²) in [6, 6.07) is 0. The SMILES string of the molecule is CC1CCC[C@@H](CI)C1. The molecule has 0 N–H and O–H groups in total. The van der Waals surface area contributed by atoms with Gasteiger partial charge in [-0.15, -0.1) is 0 Å². The van der Waals surface area contributed by atoms with Gasteiger partial charge >= 0.3 is 0 Å². The van der Waals surface area contributed by atoms with Gasteiger partial charge in [-0.05, 0) is 24.7 Å². The molecule has 0 aliphatic heterocycles. The topological polar surface area (TPSA) is 0 Å². The van der Waals surface area contributed by atoms with E-state index in [2.05, 4.69) is 29.5 Å². The molecular weight excluding hydrogens is 223 g/mol. The number of hydrogen-bond acceptors (Lipinski definition) is 0. The summed E-state index contributed by atoms with van der Waals surface area (Å²) in [5.41, 5.74) is 0. The second-order valence-corrected chi connectivity index (χ2v) is 4.17. The molecule has 0 saturated heterocycles. The van der Waals surface area contributed by atoms with E-state index in [-0.39, 0.29) is 0 Å². The highest BCUT2D eigenvalue weighted by atomic mass is 127. The highest BCUT2D eigenvalue weighted by Gasteiger charge is 2.16. The Morgan fingerprint density at radius 2 is 2.22 bits per heavy atom. The Morgan fingerprint density at radius 3 is 2.67 bits per heavy atom. The molecule has 0 spiro atoms. The molecule has 9 heavy (non-hydrogen) atoms. The largest absolute Gasteiger partial charge is 0.0861 e. The summed E-state index contributed by atoms with van der Waals surface area (Å²) in [6.45, 7) is 2.39. The fourth-order valence-corrected chi connectivity index (χ4v) is 2.50. The molecule has 0 heterocycles. The number of hydrogen-bond donors (Lipinski definition) is 0. The predicted octanol–water partition coefficient (Wildman–Crippen LogP) is 3.25. The molecule has 54 valence electrons. The minimum atomic E-state index is 1.01. The van der Waals surface area contributed by atoms with E-state index in [1.807, 2.05) is 0 Å². The first kappa shape index (κ1) is 7.83. The van der Waals surface area contributed by atoms with Crippen molar-refractivity contribution in [2.45, 2.75) is 32.6 Å². The van der Waals surface area contributed by atoms with Crippen LogP contribution in [0.4, 0.5) is 0 Å². The van der Waals surface area contributed by atoms with Crippen molar-refractivity contribution >= 4 is 22.6 Å². The zero-order chi connectivity index (χ0) is 6.69. The van der Waals surface area contributed by atoms with Crippen LogP contribution in [-0.2, 0) is 0 Å². The van der Waals surface area contributed by atoms with Crippen LogP contribution in [0.2, 0.25) is 0 Å². The van der Waals surface area contributed by atoms with Crippen molar-refractivity contribution in [1.29, 1.82) is 0 Å². The van der Waals surface area contributed by atoms with Gasteiger partial charge in [-0.1, -0.05) is 42.4 Å². The first-order valence-corrected chi connectivity index (χ1v) is 5.41. The van der Waals surface area contributed by atoms with Gasteiger partial charge < -0.3 is 0 Å². The van der Waals surface area contributed by atoms with E-state index in [1.54, 1.807) is 0 Å². The van der Waals surface area contributed by atoms with Gasteiger partial charge in [0.25, 0.3) is 0 Å². The van der Waals surface area contributed by atoms with Crippen LogP contribution in [0.15, 0.2) is 0 Å². The Morgan fingerprint density at radius 1 is 1.44 bits per heavy atom. The monoisotopic (exact) mass is 238 g/mol. The van der Waals surface area contributed by atoms with Gasteiger partial charge in [-0.25, -0.2) is 0 Å². The highest BCUT2D eigenvalue weighted by Crippen LogP contribution is 2.29. The lowest BCUT2D eigenvalue weighted by atomic mass is 9.84. The van der Waals surface area contributed by atoms with Crippen molar-refractivity contribution in [3.8, 4) is 0 Å². The quantitative estimate of drug-likeness (QED) is 0.486. The third kappa shape index (κ3) is 2.44. The van der Waals surface area contributed by atoms with Crippen LogP contribution >= 0.6 is 22.6 Å². The summed E-state index contributed by atoms with van der Waals surface area (Å²) in [5, 5.41) is 0. The Labute approximate surface area is 71.5 Å². The summed E-state index contributed by atoms with van der Waals surface area (Å²) in [6.07, 6.45) is 5.94. The van der Waals surface area contributed by atoms with Crippen LogP contribution in [-0.4, -0.2) is 4.43 Å². The molecule has 0 nitrogen and oxygen atoms in total. The number of halogens is 1. The van der Waals surface area contributed by atoms with Crippen LogP contribution in [0, 0.1) is 11.8 Å². The van der Waals surface area contributed by atoms with Crippen molar-refractivity contribution in [3.63, 3.8) is 0 Å². The number of rotatable bonds is 1. The third-order valence-corrected chi connectivity index (χ3v) is 3.51. The fraction of sp³-hybridized carbons (Fsp3) is 1.00. The lowest BCUT2D eigenvalue weighted by Gasteiger charge is -2.24. The van der Waals surface area contributed by atoms with Gasteiger partial charge in [0.2, 0.25) is 0 Å². The zero-order valence-electron chi connectivity index (χ0n) is 6.07. The highest BCUT2D eigenvalue weighted by molar-refractivity contribution is 14.1. The van der Waals surface area contributed by atoms with Crippen LogP contribution in [0.25, 0.3) is 0 Å². The molecule has 1 fully saturated rings. The van der Waals surface area contributed by atoms with Gasteiger partial charge in [0, 0.05) is 4.43 Å². The average Bonchev–Trinajstić information content (AvgIpc) is 1.88. The molecule has 1 aliphatic carbocycles. The van der Waals surface area contributed by atoms with E-state index in [4.69, 9.17) is 0 Å². The Bertz CT molecular complexity index is 80.6. The second-order valence-electron chi connectivity index (χ2n) is 3.29. The minimum Gasteiger partial charge on any atom is -0.0861 e. The molecule has 0 amide bonds. The molecule has 1 unspecified atom stereocenters. The van der Waals surface area contributed by atoms with E-state index < -0.39 is 0 Å². The van der Waals surface area contributed by atoms with Crippen molar-refractivity contribution in [2.24, 2.45) is 11.8 Å². The third-order valence-electron chi connectivity index (χ3n) is 2.26. The van der Waals surface area contributed by atoms with Crippen molar-refractivity contribution in [2.75, 3.05) is 4.43 Å². The zero-order valence-corrected chi connectivity index (χ0v) is 8.23. The van der Waals surface area contributed by atoms with E-state index in [0.717, 1.165) is 11.8 Å². The van der Waals surface area contributed by atoms with Gasteiger partial charge in [-0.2, -0.15) is 0 Å². The van der Waals surface area contributed by atoms with Gasteiger partial charge in [-0.3, -0.25) is 0 Å². The van der Waals surface area contributed by atoms with Crippen LogP contribution in [0.5, 0.6) is 0 Å². The Hall–Kier alpha value is 0.730. The molecule has 0 bridgehead atoms. The molecular formula is C8H15I. The van der Waals surface area contributed by atoms with E-state index >= 15 is 0 Å². The maximum Gasteiger partial charge on any atom is 0.00238 e. The molecule has 0 aromatic carbocycles. The lowest BCUT2D eigenvalue weighted by molar-refractivity contribution is 0.308. The Balaban J connectivity index is 2.23. The smallest absolute Gasteiger partial charge is 0.00238 e. The van der Waals surface area contributed by atoms with Crippen LogP contribution in [0.3, 0.4) is 0 Å². The lowest BCUT2D eigenvalue weighted by Crippen LogP contribution is -2.13. The fourth-order valence-electron chi connectivity index (χ4n) is 1.70. The maximum atomic E-state index is 2.52. The van der Waals surface area contributed by atoms with Crippen molar-refractivity contribution in [1.82, 2.24) is 0 Å². The summed E-state index contributed by atoms with van der Waals surface area (Å²) in [4.78, 5) is 0. The van der Waals surface area contributed by atoms with E-state index in [0.29, 0.717) is 0 Å². The minimum absolute atomic E-state index is 1.01. The summed E-state index contributed by atoms with van der Waals surface area (Å²) in [7, 11) is 0. The van der Waals surface area contributed by atoms with E-state index in [9.17, 15) is 0 Å². The van der Waals surface area contributed by atoms with Crippen LogP contribution in [0.1, 0.15) is 32.6 Å². The molecule has 1 rings (SSSR count). The molecule has 1 saturated carbocycles. The van der Waals surface area contributed by atoms with Crippen molar-refractivity contribution in [3.05, 3.63) is 0 Å². The summed E-state index contributed by atoms with van der Waals surface area (Å²) in [5.74, 6) is 2.06. The van der Waals surface area contributed by atoms with Crippen molar-refractivity contribution < 1.29 is 0 Å². The van der Waals surface area contributed by atoms with Gasteiger partial charge in [0.05, 0.1) is 0 Å². The first-order valence-electron chi connectivity index (χ1n) is 3.89. The van der Waals surface area contributed by atoms with Crippen LogP contribution < -0.4 is 0 Å². The Kier molecular flexibility index (Phi) is 3.30. The normalized spacial score (nSPS) is 36.7. The van der Waals surface area contributed by atoms with E-state index in [1.165, 1.54) is 30.1 Å². The number of alkyl halides is 1. The molecule has 1 heteroatoms. The molecule has 1 aliphatic rings. The average molecular weight is 238 g/mol. The molecule has 0 radical (unpaired) electrons. The maximum absolute atomic E-state index is 2.52. The molecule has 2 atom stereocenters. The van der Waals surface area contributed by atoms with Gasteiger partial charge in [0.1, 0.15) is 0 Å². The standard InChI is InChI=1S/C8H15I/c1-7-3-2-4-8(5-7)6-9/h7-8H,2-6H2,1H3/t7?,8-/m1/s1. The predicted molar refractivity (Wildman–Crippen MR) is 50.0 cm³/mol.